The molecule has 1 amide bonds. The lowest BCUT2D eigenvalue weighted by atomic mass is 10.0. The molecular weight excluding hydrogens is 452 g/mol. The second-order valence-corrected chi connectivity index (χ2v) is 10.1. The predicted octanol–water partition coefficient (Wildman–Crippen LogP) is 3.45. The molecule has 6 N–H and O–H groups in total. The zero-order valence-electron chi connectivity index (χ0n) is 21.3. The Hall–Kier alpha value is -3.49. The van der Waals surface area contributed by atoms with Gasteiger partial charge in [-0.1, -0.05) is 49.7 Å². The van der Waals surface area contributed by atoms with Crippen molar-refractivity contribution in [2.24, 2.45) is 5.73 Å². The summed E-state index contributed by atoms with van der Waals surface area (Å²) >= 11 is 0. The number of hydrogen-bond acceptors (Lipinski definition) is 6. The number of benzene rings is 2. The Labute approximate surface area is 211 Å². The molecule has 2 aromatic heterocycles. The summed E-state index contributed by atoms with van der Waals surface area (Å²) in [6.07, 6.45) is 3.62. The highest BCUT2D eigenvalue weighted by molar-refractivity contribution is 6.06. The van der Waals surface area contributed by atoms with E-state index in [0.717, 1.165) is 64.6 Å². The molecule has 0 radical (unpaired) electrons. The predicted molar refractivity (Wildman–Crippen MR) is 145 cm³/mol. The average Bonchev–Trinajstić information content (AvgIpc) is 3.18. The SMILES string of the molecule is CCCCc1nc2c(N)nc3cc(Cc4cccc(CNC(=O)CN)c4)ccc3c2n1CC(C)(C)O. The molecule has 190 valence electrons. The Bertz CT molecular complexity index is 1390. The summed E-state index contributed by atoms with van der Waals surface area (Å²) in [5.41, 5.74) is 16.6. The van der Waals surface area contributed by atoms with Crippen LogP contribution in [0.5, 0.6) is 0 Å². The number of aryl methyl sites for hydroxylation is 1. The van der Waals surface area contributed by atoms with Crippen molar-refractivity contribution in [2.75, 3.05) is 12.3 Å². The van der Waals surface area contributed by atoms with Crippen molar-refractivity contribution >= 4 is 33.7 Å². The first-order valence-electron chi connectivity index (χ1n) is 12.5. The number of anilines is 1. The fourth-order valence-electron chi connectivity index (χ4n) is 4.55. The lowest BCUT2D eigenvalue weighted by Crippen LogP contribution is -2.29. The number of nitrogens with zero attached hydrogens (tertiary/aromatic N) is 3. The van der Waals surface area contributed by atoms with E-state index < -0.39 is 5.60 Å². The average molecular weight is 489 g/mol. The summed E-state index contributed by atoms with van der Waals surface area (Å²) in [5.74, 6) is 1.16. The number of unbranched alkanes of at least 4 members (excludes halogenated alkanes) is 1. The van der Waals surface area contributed by atoms with E-state index >= 15 is 0 Å². The molecule has 0 spiro atoms. The number of rotatable bonds is 10. The molecule has 0 fully saturated rings. The van der Waals surface area contributed by atoms with E-state index in [1.54, 1.807) is 0 Å². The number of aliphatic hydroxyl groups is 1. The highest BCUT2D eigenvalue weighted by Crippen LogP contribution is 2.31. The Morgan fingerprint density at radius 2 is 1.86 bits per heavy atom. The molecule has 0 atom stereocenters. The van der Waals surface area contributed by atoms with E-state index in [2.05, 4.69) is 47.1 Å². The molecule has 0 unspecified atom stereocenters. The van der Waals surface area contributed by atoms with Gasteiger partial charge in [-0.25, -0.2) is 9.97 Å². The number of nitrogen functional groups attached to an aromatic ring is 1. The maximum atomic E-state index is 11.5. The van der Waals surface area contributed by atoms with Crippen molar-refractivity contribution in [3.63, 3.8) is 0 Å². The van der Waals surface area contributed by atoms with E-state index in [9.17, 15) is 9.90 Å². The zero-order chi connectivity index (χ0) is 25.9. The Balaban J connectivity index is 1.71. The summed E-state index contributed by atoms with van der Waals surface area (Å²) in [5, 5.41) is 14.4. The van der Waals surface area contributed by atoms with Crippen LogP contribution in [-0.4, -0.2) is 37.7 Å². The first kappa shape index (κ1) is 25.6. The summed E-state index contributed by atoms with van der Waals surface area (Å²) in [6, 6.07) is 14.4. The van der Waals surface area contributed by atoms with Crippen LogP contribution in [-0.2, 0) is 30.7 Å². The lowest BCUT2D eigenvalue weighted by molar-refractivity contribution is -0.119. The number of fused-ring (bicyclic) bond motifs is 3. The molecule has 4 aromatic rings. The summed E-state index contributed by atoms with van der Waals surface area (Å²) < 4.78 is 2.12. The van der Waals surface area contributed by atoms with Gasteiger partial charge in [0.25, 0.3) is 0 Å². The van der Waals surface area contributed by atoms with Crippen LogP contribution < -0.4 is 16.8 Å². The number of pyridine rings is 1. The van der Waals surface area contributed by atoms with Crippen LogP contribution in [0, 0.1) is 0 Å². The van der Waals surface area contributed by atoms with E-state index in [1.165, 1.54) is 0 Å². The van der Waals surface area contributed by atoms with Gasteiger partial charge in [0.05, 0.1) is 29.7 Å². The number of carbonyl (C=O) groups excluding carboxylic acids is 1. The molecule has 0 saturated heterocycles. The monoisotopic (exact) mass is 488 g/mol. The Morgan fingerprint density at radius 1 is 1.11 bits per heavy atom. The molecule has 8 heteroatoms. The van der Waals surface area contributed by atoms with Gasteiger partial charge < -0.3 is 26.5 Å². The molecule has 2 heterocycles. The molecule has 0 saturated carbocycles. The molecule has 2 aromatic carbocycles. The number of aromatic nitrogens is 3. The number of imidazole rings is 1. The number of carbonyl (C=O) groups is 1. The van der Waals surface area contributed by atoms with E-state index in [-0.39, 0.29) is 12.5 Å². The quantitative estimate of drug-likeness (QED) is 0.270. The highest BCUT2D eigenvalue weighted by atomic mass is 16.3. The van der Waals surface area contributed by atoms with Crippen molar-refractivity contribution < 1.29 is 9.90 Å². The minimum Gasteiger partial charge on any atom is -0.389 e. The van der Waals surface area contributed by atoms with Crippen molar-refractivity contribution in [3.05, 3.63) is 65.0 Å². The number of nitrogens with one attached hydrogen (secondary N) is 1. The fraction of sp³-hybridized carbons (Fsp3) is 0.393. The van der Waals surface area contributed by atoms with Crippen LogP contribution >= 0.6 is 0 Å². The van der Waals surface area contributed by atoms with Gasteiger partial charge in [-0.05, 0) is 49.4 Å². The lowest BCUT2D eigenvalue weighted by Gasteiger charge is -2.21. The largest absolute Gasteiger partial charge is 0.389 e. The third-order valence-electron chi connectivity index (χ3n) is 6.22. The van der Waals surface area contributed by atoms with Crippen LogP contribution in [0.15, 0.2) is 42.5 Å². The number of amides is 1. The molecule has 0 bridgehead atoms. The minimum absolute atomic E-state index is 0.0189. The normalized spacial score (nSPS) is 11.9. The van der Waals surface area contributed by atoms with Crippen LogP contribution in [0.25, 0.3) is 21.9 Å². The molecule has 0 aliphatic carbocycles. The van der Waals surface area contributed by atoms with Gasteiger partial charge in [0.15, 0.2) is 5.82 Å². The number of nitrogens with two attached hydrogens (primary N) is 2. The van der Waals surface area contributed by atoms with Crippen molar-refractivity contribution in [2.45, 2.75) is 65.1 Å². The topological polar surface area (TPSA) is 132 Å². The Morgan fingerprint density at radius 3 is 2.58 bits per heavy atom. The first-order valence-corrected chi connectivity index (χ1v) is 12.5. The summed E-state index contributed by atoms with van der Waals surface area (Å²) in [7, 11) is 0. The number of hydrogen-bond donors (Lipinski definition) is 4. The second-order valence-electron chi connectivity index (χ2n) is 10.1. The Kier molecular flexibility index (Phi) is 7.56. The van der Waals surface area contributed by atoms with Gasteiger partial charge in [0.1, 0.15) is 11.3 Å². The maximum Gasteiger partial charge on any atom is 0.234 e. The van der Waals surface area contributed by atoms with Crippen LogP contribution in [0.2, 0.25) is 0 Å². The third kappa shape index (κ3) is 5.83. The van der Waals surface area contributed by atoms with E-state index in [0.29, 0.717) is 24.4 Å². The smallest absolute Gasteiger partial charge is 0.234 e. The van der Waals surface area contributed by atoms with E-state index in [1.807, 2.05) is 26.0 Å². The van der Waals surface area contributed by atoms with Gasteiger partial charge in [-0.3, -0.25) is 4.79 Å². The molecule has 0 aliphatic heterocycles. The standard InChI is InChI=1S/C28H36N6O2/c1-4-5-9-23-33-25-26(34(23)17-28(2,3)36)21-11-10-19(14-22(21)32-27(25)30)12-18-7-6-8-20(13-18)16-31-24(35)15-29/h6-8,10-11,13-14,36H,4-5,9,12,15-17,29H2,1-3H3,(H2,30,32)(H,31,35). The van der Waals surface area contributed by atoms with Crippen LogP contribution in [0.1, 0.15) is 56.1 Å². The fourth-order valence-corrected chi connectivity index (χ4v) is 4.55. The minimum atomic E-state index is -0.895. The third-order valence-corrected chi connectivity index (χ3v) is 6.22. The van der Waals surface area contributed by atoms with E-state index in [4.69, 9.17) is 21.4 Å². The van der Waals surface area contributed by atoms with Crippen molar-refractivity contribution in [1.82, 2.24) is 19.9 Å². The van der Waals surface area contributed by atoms with Gasteiger partial charge >= 0.3 is 0 Å². The molecule has 4 rings (SSSR count). The van der Waals surface area contributed by atoms with Gasteiger partial charge in [0, 0.05) is 18.4 Å². The van der Waals surface area contributed by atoms with Gasteiger partial charge in [0.2, 0.25) is 5.91 Å². The van der Waals surface area contributed by atoms with Gasteiger partial charge in [-0.2, -0.15) is 0 Å². The highest BCUT2D eigenvalue weighted by Gasteiger charge is 2.22. The molecule has 0 aliphatic rings. The zero-order valence-corrected chi connectivity index (χ0v) is 21.3. The van der Waals surface area contributed by atoms with Crippen LogP contribution in [0.3, 0.4) is 0 Å². The molecule has 36 heavy (non-hydrogen) atoms. The summed E-state index contributed by atoms with van der Waals surface area (Å²) in [4.78, 5) is 21.0. The summed E-state index contributed by atoms with van der Waals surface area (Å²) in [6.45, 7) is 6.63. The van der Waals surface area contributed by atoms with Crippen molar-refractivity contribution in [1.29, 1.82) is 0 Å². The molecular formula is C28H36N6O2. The van der Waals surface area contributed by atoms with Crippen LogP contribution in [0.4, 0.5) is 5.82 Å². The van der Waals surface area contributed by atoms with Gasteiger partial charge in [-0.15, -0.1) is 0 Å². The first-order chi connectivity index (χ1) is 17.2. The second kappa shape index (κ2) is 10.6. The maximum absolute atomic E-state index is 11.5. The van der Waals surface area contributed by atoms with Crippen molar-refractivity contribution in [3.8, 4) is 0 Å². The molecule has 8 nitrogen and oxygen atoms in total.